The fourth-order valence-corrected chi connectivity index (χ4v) is 1.50. The van der Waals surface area contributed by atoms with Gasteiger partial charge in [0.1, 0.15) is 0 Å². The van der Waals surface area contributed by atoms with Gasteiger partial charge in [-0.2, -0.15) is 0 Å². The zero-order chi connectivity index (χ0) is 10.9. The lowest BCUT2D eigenvalue weighted by atomic mass is 10.2. The predicted octanol–water partition coefficient (Wildman–Crippen LogP) is 0.462. The van der Waals surface area contributed by atoms with Crippen LogP contribution in [0.4, 0.5) is 0 Å². The Hall–Kier alpha value is -1.16. The van der Waals surface area contributed by atoms with E-state index in [0.29, 0.717) is 17.6 Å². The summed E-state index contributed by atoms with van der Waals surface area (Å²) in [7, 11) is 0. The Kier molecular flexibility index (Phi) is 3.06. The number of hydrogen-bond acceptors (Lipinski definition) is 3. The Balaban J connectivity index is 2.96. The van der Waals surface area contributed by atoms with E-state index in [1.807, 2.05) is 6.92 Å². The molecular formula is C10H15NO3. The summed E-state index contributed by atoms with van der Waals surface area (Å²) in [6.45, 7) is 4.94. The Morgan fingerprint density at radius 3 is 1.93 bits per heavy atom. The first-order valence-corrected chi connectivity index (χ1v) is 4.70. The second-order valence-electron chi connectivity index (χ2n) is 3.47. The minimum atomic E-state index is -0.387. The standard InChI is InChI=1S/C10H15NO3/c1-4-8(5-12)11-9(13)6(2)7(3)10(11)14/h8,12H,4-5H2,1-3H3/t8-/m0/s1. The van der Waals surface area contributed by atoms with E-state index in [-0.39, 0.29) is 24.5 Å². The summed E-state index contributed by atoms with van der Waals surface area (Å²) in [4.78, 5) is 24.4. The van der Waals surface area contributed by atoms with E-state index in [1.54, 1.807) is 13.8 Å². The molecule has 1 heterocycles. The lowest BCUT2D eigenvalue weighted by molar-refractivity contribution is -0.141. The van der Waals surface area contributed by atoms with E-state index in [4.69, 9.17) is 5.11 Å². The highest BCUT2D eigenvalue weighted by Crippen LogP contribution is 2.22. The molecule has 1 aliphatic heterocycles. The maximum absolute atomic E-state index is 11.6. The molecule has 1 atom stereocenters. The quantitative estimate of drug-likeness (QED) is 0.669. The number of carbonyl (C=O) groups is 2. The minimum absolute atomic E-state index is 0.172. The third kappa shape index (κ3) is 1.46. The molecule has 1 N–H and O–H groups in total. The summed E-state index contributed by atoms with van der Waals surface area (Å²) in [5, 5.41) is 9.03. The highest BCUT2D eigenvalue weighted by Gasteiger charge is 2.37. The molecule has 4 heteroatoms. The summed E-state index contributed by atoms with van der Waals surface area (Å²) < 4.78 is 0. The molecule has 0 radical (unpaired) electrons. The molecule has 0 saturated heterocycles. The summed E-state index contributed by atoms with van der Waals surface area (Å²) >= 11 is 0. The van der Waals surface area contributed by atoms with Crippen LogP contribution in [-0.4, -0.2) is 34.5 Å². The van der Waals surface area contributed by atoms with Gasteiger partial charge in [0.2, 0.25) is 0 Å². The number of aliphatic hydroxyl groups is 1. The molecule has 0 bridgehead atoms. The van der Waals surface area contributed by atoms with Crippen LogP contribution < -0.4 is 0 Å². The Labute approximate surface area is 83.2 Å². The van der Waals surface area contributed by atoms with Crippen molar-refractivity contribution < 1.29 is 14.7 Å². The summed E-state index contributed by atoms with van der Waals surface area (Å²) in [5.41, 5.74) is 0.976. The third-order valence-corrected chi connectivity index (χ3v) is 2.69. The van der Waals surface area contributed by atoms with Crippen LogP contribution in [0.25, 0.3) is 0 Å². The van der Waals surface area contributed by atoms with Crippen molar-refractivity contribution in [2.75, 3.05) is 6.61 Å². The number of imide groups is 1. The Bertz CT molecular complexity index is 278. The van der Waals surface area contributed by atoms with Gasteiger partial charge in [0.05, 0.1) is 12.6 Å². The van der Waals surface area contributed by atoms with Crippen LogP contribution in [0.2, 0.25) is 0 Å². The summed E-state index contributed by atoms with van der Waals surface area (Å²) in [6.07, 6.45) is 0.578. The highest BCUT2D eigenvalue weighted by molar-refractivity contribution is 6.18. The fraction of sp³-hybridized carbons (Fsp3) is 0.600. The van der Waals surface area contributed by atoms with Gasteiger partial charge < -0.3 is 5.11 Å². The minimum Gasteiger partial charge on any atom is -0.394 e. The molecule has 78 valence electrons. The lowest BCUT2D eigenvalue weighted by Crippen LogP contribution is -2.42. The van der Waals surface area contributed by atoms with Crippen LogP contribution in [0, 0.1) is 0 Å². The van der Waals surface area contributed by atoms with Crippen molar-refractivity contribution >= 4 is 11.8 Å². The molecule has 0 unspecified atom stereocenters. The van der Waals surface area contributed by atoms with Gasteiger partial charge >= 0.3 is 0 Å². The van der Waals surface area contributed by atoms with Gasteiger partial charge in [-0.25, -0.2) is 0 Å². The van der Waals surface area contributed by atoms with Crippen molar-refractivity contribution in [2.24, 2.45) is 0 Å². The number of aliphatic hydroxyl groups excluding tert-OH is 1. The number of amides is 2. The van der Waals surface area contributed by atoms with Gasteiger partial charge in [0.15, 0.2) is 0 Å². The van der Waals surface area contributed by atoms with E-state index in [9.17, 15) is 9.59 Å². The molecule has 1 aliphatic rings. The average molecular weight is 197 g/mol. The normalized spacial score (nSPS) is 19.6. The van der Waals surface area contributed by atoms with Gasteiger partial charge in [-0.1, -0.05) is 6.92 Å². The maximum Gasteiger partial charge on any atom is 0.257 e. The fourth-order valence-electron chi connectivity index (χ4n) is 1.50. The monoisotopic (exact) mass is 197 g/mol. The summed E-state index contributed by atoms with van der Waals surface area (Å²) in [6, 6.07) is -0.387. The van der Waals surface area contributed by atoms with Crippen LogP contribution in [0.15, 0.2) is 11.1 Å². The van der Waals surface area contributed by atoms with Gasteiger partial charge in [0, 0.05) is 11.1 Å². The van der Waals surface area contributed by atoms with E-state index in [0.717, 1.165) is 4.90 Å². The molecule has 0 spiro atoms. The first kappa shape index (κ1) is 10.9. The zero-order valence-electron chi connectivity index (χ0n) is 8.70. The van der Waals surface area contributed by atoms with Crippen LogP contribution in [0.5, 0.6) is 0 Å². The molecule has 0 aromatic rings. The molecule has 0 aromatic carbocycles. The highest BCUT2D eigenvalue weighted by atomic mass is 16.3. The predicted molar refractivity (Wildman–Crippen MR) is 51.4 cm³/mol. The number of rotatable bonds is 3. The van der Waals surface area contributed by atoms with E-state index in [1.165, 1.54) is 0 Å². The molecule has 4 nitrogen and oxygen atoms in total. The maximum atomic E-state index is 11.6. The third-order valence-electron chi connectivity index (χ3n) is 2.69. The van der Waals surface area contributed by atoms with Crippen LogP contribution >= 0.6 is 0 Å². The van der Waals surface area contributed by atoms with Crippen molar-refractivity contribution in [2.45, 2.75) is 33.2 Å². The van der Waals surface area contributed by atoms with Crippen molar-refractivity contribution in [1.82, 2.24) is 4.90 Å². The zero-order valence-corrected chi connectivity index (χ0v) is 8.70. The topological polar surface area (TPSA) is 57.6 Å². The number of carbonyl (C=O) groups excluding carboxylic acids is 2. The SMILES string of the molecule is CC[C@@H](CO)N1C(=O)C(C)=C(C)C1=O. The second-order valence-corrected chi connectivity index (χ2v) is 3.47. The molecule has 14 heavy (non-hydrogen) atoms. The molecule has 1 rings (SSSR count). The van der Waals surface area contributed by atoms with Crippen molar-refractivity contribution in [1.29, 1.82) is 0 Å². The second kappa shape index (κ2) is 3.92. The molecule has 2 amide bonds. The van der Waals surface area contributed by atoms with E-state index in [2.05, 4.69) is 0 Å². The van der Waals surface area contributed by atoms with Crippen LogP contribution in [0.3, 0.4) is 0 Å². The number of nitrogens with zero attached hydrogens (tertiary/aromatic N) is 1. The van der Waals surface area contributed by atoms with E-state index < -0.39 is 0 Å². The van der Waals surface area contributed by atoms with Gasteiger partial charge in [-0.3, -0.25) is 14.5 Å². The van der Waals surface area contributed by atoms with E-state index >= 15 is 0 Å². The number of hydrogen-bond donors (Lipinski definition) is 1. The largest absolute Gasteiger partial charge is 0.394 e. The van der Waals surface area contributed by atoms with Gasteiger partial charge in [-0.05, 0) is 20.3 Å². The average Bonchev–Trinajstić information content (AvgIpc) is 2.37. The lowest BCUT2D eigenvalue weighted by Gasteiger charge is -2.23. The molecule has 0 aliphatic carbocycles. The van der Waals surface area contributed by atoms with Gasteiger partial charge in [-0.15, -0.1) is 0 Å². The molecule has 0 fully saturated rings. The van der Waals surface area contributed by atoms with Crippen molar-refractivity contribution in [3.05, 3.63) is 11.1 Å². The Morgan fingerprint density at radius 1 is 1.21 bits per heavy atom. The Morgan fingerprint density at radius 2 is 1.64 bits per heavy atom. The first-order valence-electron chi connectivity index (χ1n) is 4.70. The van der Waals surface area contributed by atoms with Crippen molar-refractivity contribution in [3.8, 4) is 0 Å². The van der Waals surface area contributed by atoms with Crippen LogP contribution in [0.1, 0.15) is 27.2 Å². The summed E-state index contributed by atoms with van der Waals surface area (Å²) in [5.74, 6) is -0.540. The molecule has 0 saturated carbocycles. The van der Waals surface area contributed by atoms with Crippen LogP contribution in [-0.2, 0) is 9.59 Å². The van der Waals surface area contributed by atoms with Gasteiger partial charge in [0.25, 0.3) is 11.8 Å². The molecular weight excluding hydrogens is 182 g/mol. The smallest absolute Gasteiger partial charge is 0.257 e. The van der Waals surface area contributed by atoms with Crippen molar-refractivity contribution in [3.63, 3.8) is 0 Å². The first-order chi connectivity index (χ1) is 6.54. The molecule has 0 aromatic heterocycles.